The smallest absolute Gasteiger partial charge is 0.406 e. The number of ether oxygens (including phenoxy) is 1. The predicted molar refractivity (Wildman–Crippen MR) is 136 cm³/mol. The Labute approximate surface area is 221 Å². The van der Waals surface area contributed by atoms with Gasteiger partial charge in [0, 0.05) is 38.4 Å². The van der Waals surface area contributed by atoms with Gasteiger partial charge in [-0.25, -0.2) is 0 Å². The first kappa shape index (κ1) is 26.1. The molecule has 10 nitrogen and oxygen atoms in total. The van der Waals surface area contributed by atoms with E-state index in [1.807, 2.05) is 12.1 Å². The molecule has 2 atom stereocenters. The fourth-order valence-electron chi connectivity index (χ4n) is 4.77. The van der Waals surface area contributed by atoms with Crippen molar-refractivity contribution >= 4 is 33.3 Å². The van der Waals surface area contributed by atoms with Gasteiger partial charge in [-0.1, -0.05) is 23.5 Å². The minimum absolute atomic E-state index is 0.138. The molecule has 2 N–H and O–H groups in total. The molecule has 2 aliphatic heterocycles. The van der Waals surface area contributed by atoms with Crippen molar-refractivity contribution in [1.29, 1.82) is 0 Å². The molecule has 0 aliphatic carbocycles. The number of carbonyl (C=O) groups excluding carboxylic acids is 1. The number of halogens is 3. The summed E-state index contributed by atoms with van der Waals surface area (Å²) < 4.78 is 41.6. The molecule has 4 heterocycles. The second kappa shape index (κ2) is 11.5. The highest BCUT2D eigenvalue weighted by atomic mass is 32.1. The summed E-state index contributed by atoms with van der Waals surface area (Å²) in [5, 5.41) is 23.7. The number of carbonyl (C=O) groups is 1. The minimum Gasteiger partial charge on any atom is -0.406 e. The lowest BCUT2D eigenvalue weighted by Gasteiger charge is -2.31. The molecular formula is C24H27F3N8O2S. The number of anilines is 3. The van der Waals surface area contributed by atoms with Crippen molar-refractivity contribution in [3.63, 3.8) is 0 Å². The van der Waals surface area contributed by atoms with Gasteiger partial charge in [-0.05, 0) is 55.6 Å². The first-order chi connectivity index (χ1) is 18.3. The van der Waals surface area contributed by atoms with Crippen LogP contribution in [0.5, 0.6) is 5.75 Å². The number of likely N-dealkylation sites (tertiary alicyclic amines) is 1. The molecule has 202 valence electrons. The lowest BCUT2D eigenvalue weighted by Crippen LogP contribution is -2.40. The molecule has 1 aromatic carbocycles. The molecule has 38 heavy (non-hydrogen) atoms. The fourth-order valence-corrected chi connectivity index (χ4v) is 5.50. The number of hydrogen-bond acceptors (Lipinski definition) is 10. The van der Waals surface area contributed by atoms with Crippen LogP contribution in [0, 0.1) is 5.92 Å². The highest BCUT2D eigenvalue weighted by Gasteiger charge is 2.31. The number of piperidine rings is 1. The third-order valence-electron chi connectivity index (χ3n) is 6.47. The van der Waals surface area contributed by atoms with E-state index in [1.54, 1.807) is 12.3 Å². The topological polar surface area (TPSA) is 108 Å². The summed E-state index contributed by atoms with van der Waals surface area (Å²) in [5.74, 6) is 0.196. The van der Waals surface area contributed by atoms with Crippen LogP contribution in [-0.4, -0.2) is 69.8 Å². The maximum absolute atomic E-state index is 12.9. The average molecular weight is 549 g/mol. The molecule has 0 bridgehead atoms. The summed E-state index contributed by atoms with van der Waals surface area (Å²) >= 11 is 1.29. The van der Waals surface area contributed by atoms with Crippen molar-refractivity contribution < 1.29 is 22.7 Å². The van der Waals surface area contributed by atoms with Gasteiger partial charge in [-0.15, -0.1) is 28.5 Å². The van der Waals surface area contributed by atoms with Gasteiger partial charge in [0.05, 0.1) is 5.92 Å². The van der Waals surface area contributed by atoms with E-state index < -0.39 is 6.36 Å². The van der Waals surface area contributed by atoms with E-state index in [-0.39, 0.29) is 23.6 Å². The minimum atomic E-state index is -4.73. The van der Waals surface area contributed by atoms with Crippen molar-refractivity contribution in [2.75, 3.05) is 41.7 Å². The molecule has 0 unspecified atom stereocenters. The van der Waals surface area contributed by atoms with Gasteiger partial charge in [0.25, 0.3) is 0 Å². The van der Waals surface area contributed by atoms with E-state index in [0.29, 0.717) is 28.9 Å². The Morgan fingerprint density at radius 1 is 1.08 bits per heavy atom. The maximum Gasteiger partial charge on any atom is 0.573 e. The second-order valence-electron chi connectivity index (χ2n) is 9.33. The third kappa shape index (κ3) is 7.07. The van der Waals surface area contributed by atoms with Crippen LogP contribution in [0.1, 0.15) is 24.8 Å². The molecule has 2 fully saturated rings. The standard InChI is InChI=1S/C24H27F3N8O2S/c25-24(26,27)37-19-6-1-4-16(12-19)13-34-10-3-5-17(14-34)21(36)30-23-33-32-22(38-23)29-18-8-11-35(15-18)20-7-2-9-28-31-20/h1-2,4,6-7,9,12,17-18H,3,5,8,10-11,13-15H2,(H,29,32)(H,30,33,36)/t17-,18+/m0/s1. The van der Waals surface area contributed by atoms with Crippen LogP contribution in [0.25, 0.3) is 0 Å². The van der Waals surface area contributed by atoms with Crippen LogP contribution in [0.3, 0.4) is 0 Å². The number of rotatable bonds is 8. The molecule has 2 aliphatic rings. The zero-order chi connectivity index (χ0) is 26.5. The van der Waals surface area contributed by atoms with E-state index in [0.717, 1.165) is 44.7 Å². The number of benzene rings is 1. The van der Waals surface area contributed by atoms with Crippen LogP contribution in [-0.2, 0) is 11.3 Å². The van der Waals surface area contributed by atoms with Gasteiger partial charge in [0.1, 0.15) is 5.75 Å². The Kier molecular flexibility index (Phi) is 7.88. The molecular weight excluding hydrogens is 521 g/mol. The number of amides is 1. The third-order valence-corrected chi connectivity index (χ3v) is 7.24. The lowest BCUT2D eigenvalue weighted by atomic mass is 9.96. The Hall–Kier alpha value is -3.52. The van der Waals surface area contributed by atoms with Gasteiger partial charge in [0.2, 0.25) is 16.2 Å². The number of aromatic nitrogens is 4. The fraction of sp³-hybridized carbons (Fsp3) is 0.458. The van der Waals surface area contributed by atoms with Crippen LogP contribution >= 0.6 is 11.3 Å². The summed E-state index contributed by atoms with van der Waals surface area (Å²) in [5.41, 5.74) is 0.692. The van der Waals surface area contributed by atoms with E-state index >= 15 is 0 Å². The maximum atomic E-state index is 12.9. The largest absolute Gasteiger partial charge is 0.573 e. The van der Waals surface area contributed by atoms with Gasteiger partial charge < -0.3 is 20.3 Å². The zero-order valence-electron chi connectivity index (χ0n) is 20.4. The summed E-state index contributed by atoms with van der Waals surface area (Å²) in [6.45, 7) is 3.31. The molecule has 0 spiro atoms. The van der Waals surface area contributed by atoms with E-state index in [2.05, 4.69) is 45.6 Å². The summed E-state index contributed by atoms with van der Waals surface area (Å²) in [6, 6.07) is 9.91. The highest BCUT2D eigenvalue weighted by Crippen LogP contribution is 2.27. The Morgan fingerprint density at radius 3 is 2.76 bits per heavy atom. The van der Waals surface area contributed by atoms with Gasteiger partial charge in [0.15, 0.2) is 5.82 Å². The van der Waals surface area contributed by atoms with Crippen molar-refractivity contribution in [3.05, 3.63) is 48.2 Å². The monoisotopic (exact) mass is 548 g/mol. The molecule has 2 saturated heterocycles. The number of nitrogens with zero attached hydrogens (tertiary/aromatic N) is 6. The zero-order valence-corrected chi connectivity index (χ0v) is 21.2. The molecule has 2 aromatic heterocycles. The van der Waals surface area contributed by atoms with Crippen molar-refractivity contribution in [2.45, 2.75) is 38.2 Å². The number of alkyl halides is 3. The second-order valence-corrected chi connectivity index (χ2v) is 10.3. The highest BCUT2D eigenvalue weighted by molar-refractivity contribution is 7.19. The average Bonchev–Trinajstić information content (AvgIpc) is 3.54. The molecule has 5 rings (SSSR count). The summed E-state index contributed by atoms with van der Waals surface area (Å²) in [6.07, 6.45) is -0.635. The number of nitrogens with one attached hydrogen (secondary N) is 2. The number of hydrogen-bond donors (Lipinski definition) is 2. The van der Waals surface area contributed by atoms with Crippen LogP contribution in [0.2, 0.25) is 0 Å². The van der Waals surface area contributed by atoms with Gasteiger partial charge in [-0.2, -0.15) is 5.10 Å². The molecule has 14 heteroatoms. The Morgan fingerprint density at radius 2 is 1.95 bits per heavy atom. The lowest BCUT2D eigenvalue weighted by molar-refractivity contribution is -0.274. The van der Waals surface area contributed by atoms with Crippen LogP contribution in [0.15, 0.2) is 42.6 Å². The van der Waals surface area contributed by atoms with Crippen LogP contribution < -0.4 is 20.3 Å². The van der Waals surface area contributed by atoms with Gasteiger partial charge >= 0.3 is 6.36 Å². The normalized spacial score (nSPS) is 20.3. The van der Waals surface area contributed by atoms with Gasteiger partial charge in [-0.3, -0.25) is 9.69 Å². The predicted octanol–water partition coefficient (Wildman–Crippen LogP) is 3.77. The summed E-state index contributed by atoms with van der Waals surface area (Å²) in [4.78, 5) is 17.2. The van der Waals surface area contributed by atoms with E-state index in [1.165, 1.54) is 29.5 Å². The van der Waals surface area contributed by atoms with Crippen molar-refractivity contribution in [1.82, 2.24) is 25.3 Å². The molecule has 3 aromatic rings. The first-order valence-corrected chi connectivity index (χ1v) is 13.1. The van der Waals surface area contributed by atoms with Crippen molar-refractivity contribution in [2.24, 2.45) is 5.92 Å². The molecule has 0 radical (unpaired) electrons. The van der Waals surface area contributed by atoms with Crippen LogP contribution in [0.4, 0.5) is 29.3 Å². The first-order valence-electron chi connectivity index (χ1n) is 12.3. The Bertz CT molecular complexity index is 1230. The SMILES string of the molecule is O=C(Nc1nnc(N[C@@H]2CCN(c3cccnn3)C2)s1)[C@H]1CCCN(Cc2cccc(OC(F)(F)F)c2)C1. The Balaban J connectivity index is 1.11. The summed E-state index contributed by atoms with van der Waals surface area (Å²) in [7, 11) is 0. The van der Waals surface area contributed by atoms with E-state index in [4.69, 9.17) is 0 Å². The molecule has 1 amide bonds. The quantitative estimate of drug-likeness (QED) is 0.435. The van der Waals surface area contributed by atoms with E-state index in [9.17, 15) is 18.0 Å². The van der Waals surface area contributed by atoms with Crippen molar-refractivity contribution in [3.8, 4) is 5.75 Å². The molecule has 0 saturated carbocycles.